The quantitative estimate of drug-likeness (QED) is 0.651. The number of nitrogens with zero attached hydrogens (tertiary/aromatic N) is 1. The summed E-state index contributed by atoms with van der Waals surface area (Å²) in [5, 5.41) is 9.39. The molecule has 1 aliphatic rings. The van der Waals surface area contributed by atoms with Crippen molar-refractivity contribution in [2.24, 2.45) is 0 Å². The van der Waals surface area contributed by atoms with Gasteiger partial charge < -0.3 is 0 Å². The third-order valence-corrected chi connectivity index (χ3v) is 4.69. The van der Waals surface area contributed by atoms with Crippen molar-refractivity contribution in [3.63, 3.8) is 0 Å². The average molecular weight is 255 g/mol. The van der Waals surface area contributed by atoms with Gasteiger partial charge in [-0.15, -0.1) is 0 Å². The summed E-state index contributed by atoms with van der Waals surface area (Å²) in [6, 6.07) is 10.7. The summed E-state index contributed by atoms with van der Waals surface area (Å²) in [6.07, 6.45) is 11.7. The van der Waals surface area contributed by atoms with Crippen LogP contribution >= 0.6 is 0 Å². The first-order valence-electron chi connectivity index (χ1n) is 7.82. The Hall–Kier alpha value is -1.29. The molecule has 1 aromatic carbocycles. The first kappa shape index (κ1) is 14.1. The zero-order valence-electron chi connectivity index (χ0n) is 12.1. The van der Waals surface area contributed by atoms with Crippen LogP contribution in [0.2, 0.25) is 0 Å². The topological polar surface area (TPSA) is 23.8 Å². The molecule has 1 heteroatoms. The Morgan fingerprint density at radius 1 is 1.11 bits per heavy atom. The maximum atomic E-state index is 9.39. The van der Waals surface area contributed by atoms with Crippen LogP contribution in [0, 0.1) is 11.3 Å². The molecule has 1 aromatic rings. The second-order valence-corrected chi connectivity index (χ2v) is 5.96. The molecule has 1 fully saturated rings. The number of nitriles is 1. The van der Waals surface area contributed by atoms with Gasteiger partial charge in [-0.3, -0.25) is 0 Å². The molecule has 0 heterocycles. The number of rotatable bonds is 5. The van der Waals surface area contributed by atoms with E-state index in [2.05, 4.69) is 25.1 Å². The molecule has 0 atom stereocenters. The minimum Gasteiger partial charge on any atom is -0.192 e. The lowest BCUT2D eigenvalue weighted by Gasteiger charge is -2.38. The molecule has 102 valence electrons. The van der Waals surface area contributed by atoms with E-state index < -0.39 is 0 Å². The van der Waals surface area contributed by atoms with E-state index in [1.54, 1.807) is 0 Å². The van der Waals surface area contributed by atoms with E-state index in [9.17, 15) is 5.26 Å². The lowest BCUT2D eigenvalue weighted by molar-refractivity contribution is 0.265. The molecular formula is C18H25N. The van der Waals surface area contributed by atoms with E-state index in [1.807, 2.05) is 12.1 Å². The van der Waals surface area contributed by atoms with E-state index in [0.29, 0.717) is 5.41 Å². The van der Waals surface area contributed by atoms with E-state index in [0.717, 1.165) is 5.56 Å². The Balaban J connectivity index is 2.28. The van der Waals surface area contributed by atoms with E-state index in [1.165, 1.54) is 63.4 Å². The highest BCUT2D eigenvalue weighted by atomic mass is 14.4. The van der Waals surface area contributed by atoms with E-state index >= 15 is 0 Å². The minimum absolute atomic E-state index is 0.291. The molecule has 1 saturated carbocycles. The zero-order chi connectivity index (χ0) is 13.6. The SMILES string of the molecule is CCCCCC1(c2ccccc2C#N)CCCCC1. The van der Waals surface area contributed by atoms with Crippen LogP contribution in [0.3, 0.4) is 0 Å². The monoisotopic (exact) mass is 255 g/mol. The smallest absolute Gasteiger partial charge is 0.0994 e. The average Bonchev–Trinajstić information content (AvgIpc) is 2.48. The molecule has 0 aliphatic heterocycles. The molecule has 1 nitrogen and oxygen atoms in total. The van der Waals surface area contributed by atoms with Crippen LogP contribution in [-0.2, 0) is 5.41 Å². The Morgan fingerprint density at radius 2 is 1.84 bits per heavy atom. The maximum absolute atomic E-state index is 9.39. The molecule has 0 bridgehead atoms. The van der Waals surface area contributed by atoms with Crippen LogP contribution in [0.15, 0.2) is 24.3 Å². The Morgan fingerprint density at radius 3 is 2.53 bits per heavy atom. The third kappa shape index (κ3) is 3.18. The molecule has 19 heavy (non-hydrogen) atoms. The van der Waals surface area contributed by atoms with Crippen molar-refractivity contribution in [2.75, 3.05) is 0 Å². The molecular weight excluding hydrogens is 230 g/mol. The van der Waals surface area contributed by atoms with Gasteiger partial charge in [-0.05, 0) is 36.3 Å². The van der Waals surface area contributed by atoms with Gasteiger partial charge in [0.2, 0.25) is 0 Å². The van der Waals surface area contributed by atoms with E-state index in [-0.39, 0.29) is 0 Å². The van der Waals surface area contributed by atoms with Gasteiger partial charge in [-0.2, -0.15) is 5.26 Å². The summed E-state index contributed by atoms with van der Waals surface area (Å²) in [5.74, 6) is 0. The number of hydrogen-bond donors (Lipinski definition) is 0. The fourth-order valence-corrected chi connectivity index (χ4v) is 3.64. The first-order valence-corrected chi connectivity index (χ1v) is 7.82. The van der Waals surface area contributed by atoms with Crippen LogP contribution in [0.25, 0.3) is 0 Å². The lowest BCUT2D eigenvalue weighted by atomic mass is 9.65. The van der Waals surface area contributed by atoms with Gasteiger partial charge in [0.05, 0.1) is 11.6 Å². The molecule has 1 aliphatic carbocycles. The highest BCUT2D eigenvalue weighted by Gasteiger charge is 2.34. The van der Waals surface area contributed by atoms with Crippen LogP contribution in [-0.4, -0.2) is 0 Å². The molecule has 0 radical (unpaired) electrons. The fourth-order valence-electron chi connectivity index (χ4n) is 3.64. The maximum Gasteiger partial charge on any atom is 0.0994 e. The number of hydrogen-bond acceptors (Lipinski definition) is 1. The molecule has 0 saturated heterocycles. The van der Waals surface area contributed by atoms with Crippen molar-refractivity contribution in [3.05, 3.63) is 35.4 Å². The number of unbranched alkanes of at least 4 members (excludes halogenated alkanes) is 2. The van der Waals surface area contributed by atoms with Crippen molar-refractivity contribution in [2.45, 2.75) is 70.1 Å². The number of benzene rings is 1. The van der Waals surface area contributed by atoms with Crippen molar-refractivity contribution >= 4 is 0 Å². The van der Waals surface area contributed by atoms with Gasteiger partial charge in [-0.1, -0.05) is 63.6 Å². The Kier molecular flexibility index (Phi) is 5.02. The highest BCUT2D eigenvalue weighted by Crippen LogP contribution is 2.44. The third-order valence-electron chi connectivity index (χ3n) is 4.69. The molecule has 2 rings (SSSR count). The molecule has 0 unspecified atom stereocenters. The second-order valence-electron chi connectivity index (χ2n) is 5.96. The molecule has 0 amide bonds. The molecule has 0 spiro atoms. The summed E-state index contributed by atoms with van der Waals surface area (Å²) in [6.45, 7) is 2.26. The van der Waals surface area contributed by atoms with Gasteiger partial charge >= 0.3 is 0 Å². The predicted molar refractivity (Wildman–Crippen MR) is 80.1 cm³/mol. The second kappa shape index (κ2) is 6.75. The summed E-state index contributed by atoms with van der Waals surface area (Å²) in [7, 11) is 0. The largest absolute Gasteiger partial charge is 0.192 e. The summed E-state index contributed by atoms with van der Waals surface area (Å²) < 4.78 is 0. The lowest BCUT2D eigenvalue weighted by Crippen LogP contribution is -2.30. The Bertz CT molecular complexity index is 435. The van der Waals surface area contributed by atoms with Crippen molar-refractivity contribution in [3.8, 4) is 6.07 Å². The van der Waals surface area contributed by atoms with Gasteiger partial charge in [0.15, 0.2) is 0 Å². The molecule has 0 aromatic heterocycles. The van der Waals surface area contributed by atoms with Crippen LogP contribution in [0.1, 0.15) is 75.8 Å². The molecule has 0 N–H and O–H groups in total. The zero-order valence-corrected chi connectivity index (χ0v) is 12.1. The summed E-state index contributed by atoms with van der Waals surface area (Å²) in [4.78, 5) is 0. The van der Waals surface area contributed by atoms with Crippen molar-refractivity contribution in [1.82, 2.24) is 0 Å². The van der Waals surface area contributed by atoms with Gasteiger partial charge in [0, 0.05) is 0 Å². The van der Waals surface area contributed by atoms with Gasteiger partial charge in [0.1, 0.15) is 0 Å². The van der Waals surface area contributed by atoms with Crippen LogP contribution in [0.4, 0.5) is 0 Å². The highest BCUT2D eigenvalue weighted by molar-refractivity contribution is 5.42. The first-order chi connectivity index (χ1) is 9.32. The Labute approximate surface area is 117 Å². The van der Waals surface area contributed by atoms with E-state index in [4.69, 9.17) is 0 Å². The fraction of sp³-hybridized carbons (Fsp3) is 0.611. The standard InChI is InChI=1S/C18H25N/c1-2-3-7-12-18(13-8-4-9-14-18)17-11-6-5-10-16(17)15-19/h5-6,10-11H,2-4,7-9,12-14H2,1H3. The predicted octanol–water partition coefficient (Wildman–Crippen LogP) is 5.34. The van der Waals surface area contributed by atoms with Crippen LogP contribution in [0.5, 0.6) is 0 Å². The summed E-state index contributed by atoms with van der Waals surface area (Å²) in [5.41, 5.74) is 2.52. The van der Waals surface area contributed by atoms with Gasteiger partial charge in [0.25, 0.3) is 0 Å². The normalized spacial score (nSPS) is 17.9. The van der Waals surface area contributed by atoms with Crippen LogP contribution < -0.4 is 0 Å². The van der Waals surface area contributed by atoms with Crippen molar-refractivity contribution in [1.29, 1.82) is 5.26 Å². The van der Waals surface area contributed by atoms with Gasteiger partial charge in [-0.25, -0.2) is 0 Å². The minimum atomic E-state index is 0.291. The van der Waals surface area contributed by atoms with Crippen molar-refractivity contribution < 1.29 is 0 Å². The summed E-state index contributed by atoms with van der Waals surface area (Å²) >= 11 is 0.